The van der Waals surface area contributed by atoms with Gasteiger partial charge in [-0.2, -0.15) is 0 Å². The topological polar surface area (TPSA) is 77.8 Å². The summed E-state index contributed by atoms with van der Waals surface area (Å²) in [6, 6.07) is 1.90. The van der Waals surface area contributed by atoms with Gasteiger partial charge in [0, 0.05) is 30.1 Å². The zero-order valence-corrected chi connectivity index (χ0v) is 18.1. The summed E-state index contributed by atoms with van der Waals surface area (Å²) >= 11 is 0. The lowest BCUT2D eigenvalue weighted by molar-refractivity contribution is -0.195. The van der Waals surface area contributed by atoms with Gasteiger partial charge in [-0.05, 0) is 83.1 Å². The molecule has 6 rings (SSSR count). The van der Waals surface area contributed by atoms with Crippen LogP contribution in [0.25, 0.3) is 0 Å². The number of hydrogen-bond donors (Lipinski definition) is 1. The van der Waals surface area contributed by atoms with Crippen LogP contribution in [0.1, 0.15) is 73.1 Å². The lowest BCUT2D eigenvalue weighted by Crippen LogP contribution is -2.58. The van der Waals surface area contributed by atoms with Gasteiger partial charge in [0.25, 0.3) is 0 Å². The summed E-state index contributed by atoms with van der Waals surface area (Å²) in [6.45, 7) is 5.30. The number of rotatable bonds is 6. The second kappa shape index (κ2) is 7.20. The van der Waals surface area contributed by atoms with E-state index in [1.54, 1.807) is 0 Å². The highest BCUT2D eigenvalue weighted by Crippen LogP contribution is 2.61. The molecule has 1 aromatic heterocycles. The highest BCUT2D eigenvalue weighted by molar-refractivity contribution is 5.99. The summed E-state index contributed by atoms with van der Waals surface area (Å²) in [5, 5.41) is 10.9. The Balaban J connectivity index is 1.25. The van der Waals surface area contributed by atoms with Crippen molar-refractivity contribution in [3.63, 3.8) is 0 Å². The first-order valence-electron chi connectivity index (χ1n) is 11.5. The fourth-order valence-corrected chi connectivity index (χ4v) is 7.17. The van der Waals surface area contributed by atoms with Gasteiger partial charge >= 0.3 is 5.97 Å². The Bertz CT molecular complexity index is 851. The number of ether oxygens (including phenoxy) is 2. The fraction of sp³-hybridized carbons (Fsp3) is 0.750. The molecule has 5 fully saturated rings. The van der Waals surface area contributed by atoms with Crippen LogP contribution in [-0.4, -0.2) is 46.3 Å². The molecule has 4 aliphatic carbocycles. The summed E-state index contributed by atoms with van der Waals surface area (Å²) in [7, 11) is 0. The molecule has 164 valence electrons. The quantitative estimate of drug-likeness (QED) is 0.570. The second-order valence-corrected chi connectivity index (χ2v) is 10.5. The largest absolute Gasteiger partial charge is 0.457 e. The average molecular weight is 416 g/mol. The number of Topliss-reactive ketones (excluding diaryl/α,β-unsaturated/α-hetero) is 1. The molecule has 6 heteroatoms. The van der Waals surface area contributed by atoms with Gasteiger partial charge in [0.05, 0.1) is 17.1 Å². The lowest BCUT2D eigenvalue weighted by Gasteiger charge is -2.58. The van der Waals surface area contributed by atoms with E-state index in [1.807, 2.05) is 19.9 Å². The molecule has 5 atom stereocenters. The minimum atomic E-state index is -0.708. The third kappa shape index (κ3) is 3.42. The molecule has 4 bridgehead atoms. The van der Waals surface area contributed by atoms with Crippen LogP contribution in [0.5, 0.6) is 0 Å². The second-order valence-electron chi connectivity index (χ2n) is 10.5. The lowest BCUT2D eigenvalue weighted by atomic mass is 9.48. The highest BCUT2D eigenvalue weighted by atomic mass is 16.5. The van der Waals surface area contributed by atoms with E-state index >= 15 is 0 Å². The smallest absolute Gasteiger partial charge is 0.312 e. The van der Waals surface area contributed by atoms with Gasteiger partial charge in [-0.1, -0.05) is 0 Å². The standard InChI is InChI=1S/C24H33NO5/c1-15-6-20(16(2)25(15)12-19-4-3-5-29-19)21(26)13-30-22(27)23-8-17-7-18(9-23)11-24(28,10-17)14-23/h6,17-19,28H,3-5,7-14H2,1-2H3/t17-,18+,19-,23?,24?/m0/s1. The summed E-state index contributed by atoms with van der Waals surface area (Å²) in [5.41, 5.74) is 1.27. The van der Waals surface area contributed by atoms with Crippen molar-refractivity contribution < 1.29 is 24.2 Å². The van der Waals surface area contributed by atoms with Crippen LogP contribution in [0.4, 0.5) is 0 Å². The molecule has 2 heterocycles. The molecule has 1 aromatic rings. The minimum absolute atomic E-state index is 0.154. The molecule has 5 aliphatic rings. The maximum absolute atomic E-state index is 13.1. The number of carbonyl (C=O) groups is 2. The monoisotopic (exact) mass is 415 g/mol. The Morgan fingerprint density at radius 1 is 1.23 bits per heavy atom. The van der Waals surface area contributed by atoms with Crippen molar-refractivity contribution in [3.8, 4) is 0 Å². The third-order valence-electron chi connectivity index (χ3n) is 8.08. The van der Waals surface area contributed by atoms with E-state index in [0.29, 0.717) is 23.8 Å². The number of aryl methyl sites for hydroxylation is 1. The van der Waals surface area contributed by atoms with Crippen molar-refractivity contribution in [3.05, 3.63) is 23.0 Å². The molecule has 1 saturated heterocycles. The Morgan fingerprint density at radius 2 is 1.97 bits per heavy atom. The number of esters is 1. The van der Waals surface area contributed by atoms with Crippen molar-refractivity contribution in [1.82, 2.24) is 4.57 Å². The summed E-state index contributed by atoms with van der Waals surface area (Å²) in [4.78, 5) is 25.9. The van der Waals surface area contributed by atoms with Gasteiger partial charge in [-0.25, -0.2) is 0 Å². The summed E-state index contributed by atoms with van der Waals surface area (Å²) < 4.78 is 13.5. The molecule has 0 aromatic carbocycles. The van der Waals surface area contributed by atoms with Gasteiger partial charge in [-0.3, -0.25) is 9.59 Å². The van der Waals surface area contributed by atoms with E-state index in [1.165, 1.54) is 0 Å². The molecule has 0 spiro atoms. The van der Waals surface area contributed by atoms with E-state index in [-0.39, 0.29) is 24.5 Å². The summed E-state index contributed by atoms with van der Waals surface area (Å²) in [6.07, 6.45) is 7.19. The first-order chi connectivity index (χ1) is 14.3. The van der Waals surface area contributed by atoms with Crippen molar-refractivity contribution >= 4 is 11.8 Å². The molecular weight excluding hydrogens is 382 g/mol. The van der Waals surface area contributed by atoms with Crippen LogP contribution in [0, 0.1) is 31.1 Å². The van der Waals surface area contributed by atoms with Gasteiger partial charge in [-0.15, -0.1) is 0 Å². The zero-order valence-electron chi connectivity index (χ0n) is 18.1. The Kier molecular flexibility index (Phi) is 4.86. The van der Waals surface area contributed by atoms with Gasteiger partial charge in [0.1, 0.15) is 0 Å². The van der Waals surface area contributed by atoms with Crippen LogP contribution in [0.3, 0.4) is 0 Å². The van der Waals surface area contributed by atoms with Gasteiger partial charge in [0.2, 0.25) is 5.78 Å². The molecule has 1 N–H and O–H groups in total. The normalized spacial score (nSPS) is 37.0. The minimum Gasteiger partial charge on any atom is -0.457 e. The van der Waals surface area contributed by atoms with E-state index in [9.17, 15) is 14.7 Å². The average Bonchev–Trinajstić information content (AvgIpc) is 3.27. The van der Waals surface area contributed by atoms with Gasteiger partial charge < -0.3 is 19.1 Å². The zero-order chi connectivity index (χ0) is 21.1. The van der Waals surface area contributed by atoms with Crippen LogP contribution in [-0.2, 0) is 20.8 Å². The number of hydrogen-bond acceptors (Lipinski definition) is 5. The third-order valence-corrected chi connectivity index (χ3v) is 8.08. The molecule has 1 aliphatic heterocycles. The predicted octanol–water partition coefficient (Wildman–Crippen LogP) is 3.34. The number of nitrogens with zero attached hydrogens (tertiary/aromatic N) is 1. The number of ketones is 1. The molecular formula is C24H33NO5. The van der Waals surface area contributed by atoms with E-state index in [0.717, 1.165) is 69.5 Å². The van der Waals surface area contributed by atoms with Crippen molar-refractivity contribution in [2.45, 2.75) is 83.5 Å². The maximum atomic E-state index is 13.1. The highest BCUT2D eigenvalue weighted by Gasteiger charge is 2.60. The Labute approximate surface area is 177 Å². The fourth-order valence-electron chi connectivity index (χ4n) is 7.17. The molecule has 2 unspecified atom stereocenters. The van der Waals surface area contributed by atoms with Crippen LogP contribution in [0.2, 0.25) is 0 Å². The number of aliphatic hydroxyl groups is 1. The first kappa shape index (κ1) is 20.3. The Hall–Kier alpha value is -1.66. The van der Waals surface area contributed by atoms with Crippen molar-refractivity contribution in [2.24, 2.45) is 17.3 Å². The van der Waals surface area contributed by atoms with Crippen LogP contribution in [0.15, 0.2) is 6.07 Å². The van der Waals surface area contributed by atoms with Crippen LogP contribution >= 0.6 is 0 Å². The molecule has 6 nitrogen and oxygen atoms in total. The molecule has 30 heavy (non-hydrogen) atoms. The predicted molar refractivity (Wildman–Crippen MR) is 110 cm³/mol. The van der Waals surface area contributed by atoms with Gasteiger partial charge in [0.15, 0.2) is 6.61 Å². The van der Waals surface area contributed by atoms with Crippen molar-refractivity contribution in [2.75, 3.05) is 13.2 Å². The Morgan fingerprint density at radius 3 is 2.60 bits per heavy atom. The number of aromatic nitrogens is 1. The SMILES string of the molecule is Cc1cc(C(=O)COC(=O)C23C[C@@H]4C[C@@H](CC(O)(C4)C2)C3)c(C)n1C[C@@H]1CCCO1. The van der Waals surface area contributed by atoms with Crippen molar-refractivity contribution in [1.29, 1.82) is 0 Å². The van der Waals surface area contributed by atoms with E-state index in [4.69, 9.17) is 9.47 Å². The number of carbonyl (C=O) groups excluding carboxylic acids is 2. The van der Waals surface area contributed by atoms with E-state index in [2.05, 4.69) is 4.57 Å². The first-order valence-corrected chi connectivity index (χ1v) is 11.5. The maximum Gasteiger partial charge on any atom is 0.312 e. The molecule has 0 amide bonds. The molecule has 0 radical (unpaired) electrons. The molecule has 4 saturated carbocycles. The van der Waals surface area contributed by atoms with E-state index < -0.39 is 11.0 Å². The summed E-state index contributed by atoms with van der Waals surface area (Å²) in [5.74, 6) is 0.391. The van der Waals surface area contributed by atoms with Crippen LogP contribution < -0.4 is 0 Å².